The van der Waals surface area contributed by atoms with Gasteiger partial charge in [-0.15, -0.1) is 0 Å². The van der Waals surface area contributed by atoms with E-state index in [-0.39, 0.29) is 35.0 Å². The Bertz CT molecular complexity index is 931. The second-order valence-electron chi connectivity index (χ2n) is 6.02. The van der Waals surface area contributed by atoms with Gasteiger partial charge in [-0.1, -0.05) is 11.8 Å². The van der Waals surface area contributed by atoms with Crippen molar-refractivity contribution in [1.82, 2.24) is 15.3 Å². The Labute approximate surface area is 157 Å². The third-order valence-electron chi connectivity index (χ3n) is 3.60. The van der Waals surface area contributed by atoms with Gasteiger partial charge >= 0.3 is 0 Å². The zero-order chi connectivity index (χ0) is 19.4. The molecular weight excluding hydrogens is 378 g/mol. The summed E-state index contributed by atoms with van der Waals surface area (Å²) in [4.78, 5) is 42.1. The Kier molecular flexibility index (Phi) is 5.84. The molecule has 1 fully saturated rings. The third-order valence-corrected chi connectivity index (χ3v) is 4.48. The van der Waals surface area contributed by atoms with Crippen LogP contribution in [0.3, 0.4) is 0 Å². The second-order valence-corrected chi connectivity index (χ2v) is 6.99. The summed E-state index contributed by atoms with van der Waals surface area (Å²) in [7, 11) is 0. The molecule has 3 N–H and O–H groups in total. The first-order valence-electron chi connectivity index (χ1n) is 8.16. The van der Waals surface area contributed by atoms with Gasteiger partial charge < -0.3 is 15.6 Å². The average molecular weight is 394 g/mol. The highest BCUT2D eigenvalue weighted by Gasteiger charge is 2.23. The van der Waals surface area contributed by atoms with Crippen LogP contribution in [0.4, 0.5) is 14.5 Å². The minimum Gasteiger partial charge on any atom is -0.353 e. The molecule has 1 aliphatic carbocycles. The lowest BCUT2D eigenvalue weighted by Gasteiger charge is -2.07. The van der Waals surface area contributed by atoms with Gasteiger partial charge in [-0.2, -0.15) is 0 Å². The number of nitrogens with zero attached hydrogens (tertiary/aromatic N) is 1. The number of hydrogen-bond donors (Lipinski definition) is 3. The smallest absolute Gasteiger partial charge is 0.251 e. The van der Waals surface area contributed by atoms with Crippen LogP contribution in [0.1, 0.15) is 18.5 Å². The lowest BCUT2D eigenvalue weighted by molar-refractivity contribution is -0.120. The van der Waals surface area contributed by atoms with E-state index in [0.29, 0.717) is 11.8 Å². The third kappa shape index (κ3) is 5.88. The van der Waals surface area contributed by atoms with Crippen LogP contribution in [0.5, 0.6) is 0 Å². The molecule has 1 saturated carbocycles. The largest absolute Gasteiger partial charge is 0.353 e. The molecule has 2 aromatic rings. The molecule has 0 unspecified atom stereocenters. The highest BCUT2D eigenvalue weighted by atomic mass is 32.2. The van der Waals surface area contributed by atoms with E-state index in [2.05, 4.69) is 20.6 Å². The number of hydrogen-bond acceptors (Lipinski definition) is 5. The number of benzene rings is 1. The number of halogens is 2. The van der Waals surface area contributed by atoms with Gasteiger partial charge in [-0.3, -0.25) is 14.4 Å². The van der Waals surface area contributed by atoms with Crippen LogP contribution in [0.2, 0.25) is 0 Å². The molecule has 10 heteroatoms. The molecule has 7 nitrogen and oxygen atoms in total. The van der Waals surface area contributed by atoms with Gasteiger partial charge in [-0.05, 0) is 25.0 Å². The zero-order valence-electron chi connectivity index (χ0n) is 14.1. The Balaban J connectivity index is 1.57. The van der Waals surface area contributed by atoms with Gasteiger partial charge in [0.25, 0.3) is 5.56 Å². The van der Waals surface area contributed by atoms with Crippen LogP contribution in [0.25, 0.3) is 0 Å². The lowest BCUT2D eigenvalue weighted by Crippen LogP contribution is -2.28. The van der Waals surface area contributed by atoms with Gasteiger partial charge in [0.2, 0.25) is 11.8 Å². The number of carbonyl (C=O) groups excluding carboxylic acids is 2. The number of amides is 2. The lowest BCUT2D eigenvalue weighted by atomic mass is 10.3. The van der Waals surface area contributed by atoms with Crippen LogP contribution < -0.4 is 16.2 Å². The average Bonchev–Trinajstić information content (AvgIpc) is 3.39. The maximum absolute atomic E-state index is 13.5. The topological polar surface area (TPSA) is 104 Å². The minimum atomic E-state index is -0.886. The molecule has 0 aliphatic heterocycles. The van der Waals surface area contributed by atoms with E-state index >= 15 is 0 Å². The van der Waals surface area contributed by atoms with Crippen LogP contribution in [-0.4, -0.2) is 33.6 Å². The zero-order valence-corrected chi connectivity index (χ0v) is 14.9. The minimum absolute atomic E-state index is 0.0268. The maximum Gasteiger partial charge on any atom is 0.251 e. The number of rotatable bonds is 7. The van der Waals surface area contributed by atoms with E-state index in [0.717, 1.165) is 36.7 Å². The number of thioether (sulfide) groups is 1. The number of nitrogens with one attached hydrogen (secondary N) is 3. The molecule has 1 heterocycles. The van der Waals surface area contributed by atoms with Gasteiger partial charge in [0.1, 0.15) is 11.6 Å². The van der Waals surface area contributed by atoms with Crippen LogP contribution in [-0.2, 0) is 16.0 Å². The summed E-state index contributed by atoms with van der Waals surface area (Å²) in [6.07, 6.45) is 1.89. The fourth-order valence-electron chi connectivity index (χ4n) is 2.22. The van der Waals surface area contributed by atoms with Crippen molar-refractivity contribution in [2.24, 2.45) is 0 Å². The fourth-order valence-corrected chi connectivity index (χ4v) is 2.92. The van der Waals surface area contributed by atoms with E-state index in [4.69, 9.17) is 0 Å². The molecule has 2 amide bonds. The molecule has 0 saturated heterocycles. The summed E-state index contributed by atoms with van der Waals surface area (Å²) >= 11 is 0.932. The molecule has 0 radical (unpaired) electrons. The van der Waals surface area contributed by atoms with E-state index in [1.165, 1.54) is 6.07 Å². The molecule has 142 valence electrons. The number of H-pyrrole nitrogens is 1. The number of carbonyl (C=O) groups is 2. The molecule has 27 heavy (non-hydrogen) atoms. The van der Waals surface area contributed by atoms with E-state index in [9.17, 15) is 23.2 Å². The molecule has 3 rings (SSSR count). The van der Waals surface area contributed by atoms with Crippen molar-refractivity contribution in [3.8, 4) is 0 Å². The van der Waals surface area contributed by atoms with Crippen molar-refractivity contribution < 1.29 is 18.4 Å². The Morgan fingerprint density at radius 3 is 2.70 bits per heavy atom. The van der Waals surface area contributed by atoms with Gasteiger partial charge in [0.05, 0.1) is 23.6 Å². The first-order valence-corrected chi connectivity index (χ1v) is 9.15. The first-order chi connectivity index (χ1) is 12.9. The highest BCUT2D eigenvalue weighted by molar-refractivity contribution is 7.99. The summed E-state index contributed by atoms with van der Waals surface area (Å²) in [5.74, 6) is -2.55. The highest BCUT2D eigenvalue weighted by Crippen LogP contribution is 2.19. The molecule has 1 aliphatic rings. The van der Waals surface area contributed by atoms with Gasteiger partial charge in [-0.25, -0.2) is 13.8 Å². The first kappa shape index (κ1) is 19.0. The van der Waals surface area contributed by atoms with Crippen molar-refractivity contribution in [2.75, 3.05) is 11.1 Å². The molecule has 1 aromatic carbocycles. The maximum atomic E-state index is 13.5. The summed E-state index contributed by atoms with van der Waals surface area (Å²) < 4.78 is 26.4. The number of anilines is 1. The molecule has 0 spiro atoms. The van der Waals surface area contributed by atoms with Gasteiger partial charge in [0, 0.05) is 18.2 Å². The van der Waals surface area contributed by atoms with Crippen molar-refractivity contribution in [3.05, 3.63) is 51.9 Å². The summed E-state index contributed by atoms with van der Waals surface area (Å²) in [6, 6.07) is 4.25. The van der Waals surface area contributed by atoms with Crippen molar-refractivity contribution >= 4 is 29.3 Å². The second kappa shape index (κ2) is 8.30. The molecule has 0 atom stereocenters. The quantitative estimate of drug-likeness (QED) is 0.489. The predicted molar refractivity (Wildman–Crippen MR) is 95.4 cm³/mol. The normalized spacial score (nSPS) is 13.3. The Hall–Kier alpha value is -2.75. The van der Waals surface area contributed by atoms with E-state index in [1.807, 2.05) is 0 Å². The van der Waals surface area contributed by atoms with E-state index < -0.39 is 23.1 Å². The van der Waals surface area contributed by atoms with Crippen LogP contribution in [0.15, 0.2) is 34.2 Å². The van der Waals surface area contributed by atoms with Crippen molar-refractivity contribution in [1.29, 1.82) is 0 Å². The molecule has 1 aromatic heterocycles. The predicted octanol–water partition coefficient (Wildman–Crippen LogP) is 1.60. The summed E-state index contributed by atoms with van der Waals surface area (Å²) in [6.45, 7) is 0. The van der Waals surface area contributed by atoms with Crippen molar-refractivity contribution in [2.45, 2.75) is 30.5 Å². The molecule has 0 bridgehead atoms. The van der Waals surface area contributed by atoms with Crippen molar-refractivity contribution in [3.63, 3.8) is 0 Å². The number of aromatic amines is 1. The van der Waals surface area contributed by atoms with Crippen LogP contribution >= 0.6 is 11.8 Å². The fraction of sp³-hybridized carbons (Fsp3) is 0.294. The van der Waals surface area contributed by atoms with E-state index in [1.54, 1.807) is 0 Å². The summed E-state index contributed by atoms with van der Waals surface area (Å²) in [5, 5.41) is 5.29. The number of aromatic nitrogens is 2. The summed E-state index contributed by atoms with van der Waals surface area (Å²) in [5.41, 5.74) is -0.287. The van der Waals surface area contributed by atoms with Gasteiger partial charge in [0.15, 0.2) is 5.16 Å². The van der Waals surface area contributed by atoms with Crippen LogP contribution in [0, 0.1) is 11.6 Å². The molecular formula is C17H16F2N4O3S. The SMILES string of the molecule is O=C(CSc1nc(CC(=O)NC2CC2)cc(=O)[nH]1)Nc1ccc(F)cc1F. The Morgan fingerprint density at radius 1 is 1.22 bits per heavy atom. The monoisotopic (exact) mass is 394 g/mol. The Morgan fingerprint density at radius 2 is 2.00 bits per heavy atom. The standard InChI is InChI=1S/C17H16F2N4O3S/c18-9-1-4-13(12(19)5-9)22-16(26)8-27-17-21-11(7-15(25)23-17)6-14(24)20-10-2-3-10/h1,4-5,7,10H,2-3,6,8H2,(H,20,24)(H,22,26)(H,21,23,25).